The van der Waals surface area contributed by atoms with Gasteiger partial charge in [-0.15, -0.1) is 0 Å². The van der Waals surface area contributed by atoms with Crippen LogP contribution in [-0.4, -0.2) is 35.3 Å². The van der Waals surface area contributed by atoms with Crippen molar-refractivity contribution in [2.24, 2.45) is 0 Å². The number of aliphatic hydroxyl groups excluding tert-OH is 1. The SMILES string of the molecule is OCC(Cc1ccccc1)NC1CCCSC1. The molecule has 2 nitrogen and oxygen atoms in total. The zero-order valence-corrected chi connectivity index (χ0v) is 11.0. The summed E-state index contributed by atoms with van der Waals surface area (Å²) in [5, 5.41) is 13.0. The Bertz CT molecular complexity index is 311. The van der Waals surface area contributed by atoms with Gasteiger partial charge in [0, 0.05) is 17.8 Å². The van der Waals surface area contributed by atoms with Gasteiger partial charge in [-0.2, -0.15) is 11.8 Å². The molecule has 2 N–H and O–H groups in total. The van der Waals surface area contributed by atoms with Gasteiger partial charge in [-0.3, -0.25) is 0 Å². The van der Waals surface area contributed by atoms with E-state index in [1.165, 1.54) is 29.9 Å². The first-order valence-corrected chi connectivity index (χ1v) is 7.52. The summed E-state index contributed by atoms with van der Waals surface area (Å²) in [7, 11) is 0. The van der Waals surface area contributed by atoms with Crippen molar-refractivity contribution in [2.75, 3.05) is 18.1 Å². The van der Waals surface area contributed by atoms with Gasteiger partial charge in [0.05, 0.1) is 6.61 Å². The highest BCUT2D eigenvalue weighted by Gasteiger charge is 2.17. The molecule has 0 radical (unpaired) electrons. The largest absolute Gasteiger partial charge is 0.395 e. The first kappa shape index (κ1) is 12.9. The molecule has 1 heterocycles. The molecule has 1 aliphatic heterocycles. The third-order valence-electron chi connectivity index (χ3n) is 3.18. The van der Waals surface area contributed by atoms with Crippen molar-refractivity contribution in [3.8, 4) is 0 Å². The van der Waals surface area contributed by atoms with Crippen LogP contribution in [0.25, 0.3) is 0 Å². The fourth-order valence-electron chi connectivity index (χ4n) is 2.28. The highest BCUT2D eigenvalue weighted by atomic mass is 32.2. The van der Waals surface area contributed by atoms with E-state index in [-0.39, 0.29) is 12.6 Å². The molecule has 17 heavy (non-hydrogen) atoms. The van der Waals surface area contributed by atoms with Gasteiger partial charge in [-0.25, -0.2) is 0 Å². The Labute approximate surface area is 108 Å². The zero-order valence-electron chi connectivity index (χ0n) is 10.1. The number of hydrogen-bond acceptors (Lipinski definition) is 3. The second kappa shape index (κ2) is 7.04. The van der Waals surface area contributed by atoms with E-state index in [0.717, 1.165) is 6.42 Å². The molecule has 0 saturated carbocycles. The molecule has 2 rings (SSSR count). The van der Waals surface area contributed by atoms with Gasteiger partial charge in [0.1, 0.15) is 0 Å². The Balaban J connectivity index is 1.83. The summed E-state index contributed by atoms with van der Waals surface area (Å²) in [4.78, 5) is 0. The molecule has 0 spiro atoms. The third-order valence-corrected chi connectivity index (χ3v) is 4.39. The lowest BCUT2D eigenvalue weighted by molar-refractivity contribution is 0.230. The molecule has 1 aliphatic rings. The molecule has 1 fully saturated rings. The Morgan fingerprint density at radius 3 is 2.82 bits per heavy atom. The van der Waals surface area contributed by atoms with Gasteiger partial charge in [0.15, 0.2) is 0 Å². The number of aliphatic hydroxyl groups is 1. The van der Waals surface area contributed by atoms with Gasteiger partial charge >= 0.3 is 0 Å². The summed E-state index contributed by atoms with van der Waals surface area (Å²) in [6, 6.07) is 11.2. The van der Waals surface area contributed by atoms with Crippen molar-refractivity contribution in [1.82, 2.24) is 5.32 Å². The monoisotopic (exact) mass is 251 g/mol. The van der Waals surface area contributed by atoms with Crippen molar-refractivity contribution in [2.45, 2.75) is 31.3 Å². The Morgan fingerprint density at radius 2 is 2.18 bits per heavy atom. The lowest BCUT2D eigenvalue weighted by Crippen LogP contribution is -2.44. The molecule has 2 atom stereocenters. The predicted octanol–water partition coefficient (Wildman–Crippen LogP) is 2.08. The van der Waals surface area contributed by atoms with E-state index in [1.807, 2.05) is 17.8 Å². The van der Waals surface area contributed by atoms with E-state index in [0.29, 0.717) is 6.04 Å². The van der Waals surface area contributed by atoms with Crippen molar-refractivity contribution in [3.05, 3.63) is 35.9 Å². The molecule has 94 valence electrons. The van der Waals surface area contributed by atoms with Crippen LogP contribution in [0.4, 0.5) is 0 Å². The molecular formula is C14H21NOS. The van der Waals surface area contributed by atoms with Crippen LogP contribution in [0.1, 0.15) is 18.4 Å². The van der Waals surface area contributed by atoms with Crippen LogP contribution in [0.15, 0.2) is 30.3 Å². The van der Waals surface area contributed by atoms with Gasteiger partial charge in [-0.1, -0.05) is 30.3 Å². The first-order chi connectivity index (χ1) is 8.38. The summed E-state index contributed by atoms with van der Waals surface area (Å²) in [6.07, 6.45) is 3.46. The molecule has 0 bridgehead atoms. The fourth-order valence-corrected chi connectivity index (χ4v) is 3.37. The Morgan fingerprint density at radius 1 is 1.35 bits per heavy atom. The van der Waals surface area contributed by atoms with Crippen LogP contribution in [0.3, 0.4) is 0 Å². The Kier molecular flexibility index (Phi) is 5.36. The molecule has 0 aliphatic carbocycles. The number of benzene rings is 1. The topological polar surface area (TPSA) is 32.3 Å². The minimum Gasteiger partial charge on any atom is -0.395 e. The third kappa shape index (κ3) is 4.34. The van der Waals surface area contributed by atoms with E-state index in [2.05, 4.69) is 29.6 Å². The van der Waals surface area contributed by atoms with E-state index in [9.17, 15) is 5.11 Å². The summed E-state index contributed by atoms with van der Waals surface area (Å²) in [5.74, 6) is 2.48. The zero-order chi connectivity index (χ0) is 11.9. The predicted molar refractivity (Wildman–Crippen MR) is 74.5 cm³/mol. The molecule has 3 heteroatoms. The van der Waals surface area contributed by atoms with Gasteiger partial charge in [0.25, 0.3) is 0 Å². The fraction of sp³-hybridized carbons (Fsp3) is 0.571. The van der Waals surface area contributed by atoms with Crippen molar-refractivity contribution in [1.29, 1.82) is 0 Å². The molecule has 1 saturated heterocycles. The van der Waals surface area contributed by atoms with Crippen LogP contribution in [0.5, 0.6) is 0 Å². The number of nitrogens with one attached hydrogen (secondary N) is 1. The van der Waals surface area contributed by atoms with Crippen LogP contribution < -0.4 is 5.32 Å². The summed E-state index contributed by atoms with van der Waals surface area (Å²) < 4.78 is 0. The van der Waals surface area contributed by atoms with Crippen molar-refractivity contribution >= 4 is 11.8 Å². The number of rotatable bonds is 5. The van der Waals surface area contributed by atoms with Crippen LogP contribution in [0.2, 0.25) is 0 Å². The normalized spacial score (nSPS) is 22.3. The Hall–Kier alpha value is -0.510. The smallest absolute Gasteiger partial charge is 0.0587 e. The molecule has 1 aromatic carbocycles. The summed E-state index contributed by atoms with van der Waals surface area (Å²) >= 11 is 2.02. The van der Waals surface area contributed by atoms with Crippen LogP contribution >= 0.6 is 11.8 Å². The second-order valence-corrected chi connectivity index (χ2v) is 5.80. The second-order valence-electron chi connectivity index (χ2n) is 4.65. The first-order valence-electron chi connectivity index (χ1n) is 6.37. The maximum Gasteiger partial charge on any atom is 0.0587 e. The molecule has 1 aromatic rings. The standard InChI is InChI=1S/C14H21NOS/c16-10-14(9-12-5-2-1-3-6-12)15-13-7-4-8-17-11-13/h1-3,5-6,13-16H,4,7-11H2. The van der Waals surface area contributed by atoms with Crippen LogP contribution in [0, 0.1) is 0 Å². The summed E-state index contributed by atoms with van der Waals surface area (Å²) in [5.41, 5.74) is 1.29. The van der Waals surface area contributed by atoms with Crippen LogP contribution in [-0.2, 0) is 6.42 Å². The lowest BCUT2D eigenvalue weighted by atomic mass is 10.0. The van der Waals surface area contributed by atoms with Gasteiger partial charge in [-0.05, 0) is 30.6 Å². The van der Waals surface area contributed by atoms with E-state index in [1.54, 1.807) is 0 Å². The number of thioether (sulfide) groups is 1. The van der Waals surface area contributed by atoms with E-state index in [4.69, 9.17) is 0 Å². The highest BCUT2D eigenvalue weighted by molar-refractivity contribution is 7.99. The van der Waals surface area contributed by atoms with Gasteiger partial charge < -0.3 is 10.4 Å². The lowest BCUT2D eigenvalue weighted by Gasteiger charge is -2.27. The minimum atomic E-state index is 0.195. The minimum absolute atomic E-state index is 0.195. The molecular weight excluding hydrogens is 230 g/mol. The van der Waals surface area contributed by atoms with E-state index < -0.39 is 0 Å². The average molecular weight is 251 g/mol. The molecule has 0 aromatic heterocycles. The average Bonchev–Trinajstić information content (AvgIpc) is 2.40. The van der Waals surface area contributed by atoms with Crippen molar-refractivity contribution in [3.63, 3.8) is 0 Å². The van der Waals surface area contributed by atoms with E-state index >= 15 is 0 Å². The van der Waals surface area contributed by atoms with Crippen molar-refractivity contribution < 1.29 is 5.11 Å². The maximum atomic E-state index is 9.45. The maximum absolute atomic E-state index is 9.45. The molecule has 0 amide bonds. The molecule has 2 unspecified atom stereocenters. The number of hydrogen-bond donors (Lipinski definition) is 2. The highest BCUT2D eigenvalue weighted by Crippen LogP contribution is 2.17. The van der Waals surface area contributed by atoms with Gasteiger partial charge in [0.2, 0.25) is 0 Å². The summed E-state index contributed by atoms with van der Waals surface area (Å²) in [6.45, 7) is 0.218. The quantitative estimate of drug-likeness (QED) is 0.840.